The van der Waals surface area contributed by atoms with Crippen LogP contribution in [0.5, 0.6) is 0 Å². The van der Waals surface area contributed by atoms with Crippen molar-refractivity contribution in [3.63, 3.8) is 0 Å². The SMILES string of the molecule is O=C(CNC(=O)C1CCN(c2cnccn2)CC1)Nc1ccc(F)c(F)c1F. The van der Waals surface area contributed by atoms with Crippen molar-refractivity contribution < 1.29 is 22.8 Å². The number of halogens is 3. The van der Waals surface area contributed by atoms with Gasteiger partial charge in [-0.15, -0.1) is 0 Å². The minimum Gasteiger partial charge on any atom is -0.355 e. The number of carbonyl (C=O) groups excluding carboxylic acids is 2. The van der Waals surface area contributed by atoms with Gasteiger partial charge < -0.3 is 15.5 Å². The third-order valence-electron chi connectivity index (χ3n) is 4.47. The third-order valence-corrected chi connectivity index (χ3v) is 4.47. The smallest absolute Gasteiger partial charge is 0.243 e. The van der Waals surface area contributed by atoms with Crippen LogP contribution in [0.1, 0.15) is 12.8 Å². The number of nitrogens with one attached hydrogen (secondary N) is 2. The fourth-order valence-corrected chi connectivity index (χ4v) is 2.95. The van der Waals surface area contributed by atoms with E-state index in [4.69, 9.17) is 0 Å². The molecule has 0 bridgehead atoms. The summed E-state index contributed by atoms with van der Waals surface area (Å²) < 4.78 is 39.6. The van der Waals surface area contributed by atoms with Gasteiger partial charge in [0.2, 0.25) is 11.8 Å². The molecule has 2 amide bonds. The number of hydrogen-bond donors (Lipinski definition) is 2. The van der Waals surface area contributed by atoms with E-state index in [1.54, 1.807) is 18.6 Å². The Morgan fingerprint density at radius 1 is 1.11 bits per heavy atom. The van der Waals surface area contributed by atoms with Crippen LogP contribution in [0.15, 0.2) is 30.7 Å². The standard InChI is InChI=1S/C18H18F3N5O2/c19-12-1-2-13(17(21)16(12)20)25-15(27)10-24-18(28)11-3-7-26(8-4-11)14-9-22-5-6-23-14/h1-2,5-6,9,11H,3-4,7-8,10H2,(H,24,28)(H,25,27). The van der Waals surface area contributed by atoms with Crippen molar-refractivity contribution >= 4 is 23.3 Å². The zero-order valence-corrected chi connectivity index (χ0v) is 14.8. The Bertz CT molecular complexity index is 858. The molecule has 0 saturated carbocycles. The van der Waals surface area contributed by atoms with Gasteiger partial charge in [-0.2, -0.15) is 0 Å². The summed E-state index contributed by atoms with van der Waals surface area (Å²) in [6.07, 6.45) is 6.01. The summed E-state index contributed by atoms with van der Waals surface area (Å²) >= 11 is 0. The van der Waals surface area contributed by atoms with E-state index in [-0.39, 0.29) is 11.8 Å². The van der Waals surface area contributed by atoms with E-state index in [2.05, 4.69) is 20.6 Å². The van der Waals surface area contributed by atoms with Crippen LogP contribution in [0.3, 0.4) is 0 Å². The van der Waals surface area contributed by atoms with Crippen LogP contribution < -0.4 is 15.5 Å². The minimum absolute atomic E-state index is 0.263. The molecule has 0 unspecified atom stereocenters. The van der Waals surface area contributed by atoms with E-state index >= 15 is 0 Å². The van der Waals surface area contributed by atoms with E-state index in [0.717, 1.165) is 11.9 Å². The van der Waals surface area contributed by atoms with Gasteiger partial charge in [-0.05, 0) is 25.0 Å². The lowest BCUT2D eigenvalue weighted by Gasteiger charge is -2.31. The van der Waals surface area contributed by atoms with Crippen molar-refractivity contribution in [2.75, 3.05) is 29.9 Å². The lowest BCUT2D eigenvalue weighted by Crippen LogP contribution is -2.42. The molecule has 2 N–H and O–H groups in total. The summed E-state index contributed by atoms with van der Waals surface area (Å²) in [4.78, 5) is 34.4. The maximum Gasteiger partial charge on any atom is 0.243 e. The fraction of sp³-hybridized carbons (Fsp3) is 0.333. The number of rotatable bonds is 5. The molecular formula is C18H18F3N5O2. The molecule has 1 fully saturated rings. The Labute approximate surface area is 159 Å². The molecule has 0 radical (unpaired) electrons. The van der Waals surface area contributed by atoms with E-state index < -0.39 is 35.6 Å². The van der Waals surface area contributed by atoms with Gasteiger partial charge in [-0.25, -0.2) is 18.2 Å². The van der Waals surface area contributed by atoms with Crippen LogP contribution >= 0.6 is 0 Å². The zero-order valence-electron chi connectivity index (χ0n) is 14.8. The molecule has 28 heavy (non-hydrogen) atoms. The summed E-state index contributed by atoms with van der Waals surface area (Å²) in [6, 6.07) is 1.62. The maximum atomic E-state index is 13.6. The van der Waals surface area contributed by atoms with E-state index in [0.29, 0.717) is 32.0 Å². The predicted octanol–water partition coefficient (Wildman–Crippen LogP) is 1.87. The van der Waals surface area contributed by atoms with E-state index in [1.807, 2.05) is 4.90 Å². The van der Waals surface area contributed by atoms with Crippen LogP contribution in [0.25, 0.3) is 0 Å². The normalized spacial score (nSPS) is 14.6. The van der Waals surface area contributed by atoms with Crippen molar-refractivity contribution in [3.05, 3.63) is 48.2 Å². The lowest BCUT2D eigenvalue weighted by molar-refractivity contribution is -0.127. The van der Waals surface area contributed by atoms with Crippen molar-refractivity contribution in [1.29, 1.82) is 0 Å². The van der Waals surface area contributed by atoms with Gasteiger partial charge in [0.05, 0.1) is 18.4 Å². The van der Waals surface area contributed by atoms with Gasteiger partial charge in [0, 0.05) is 31.4 Å². The van der Waals surface area contributed by atoms with Crippen LogP contribution in [0.4, 0.5) is 24.7 Å². The zero-order chi connectivity index (χ0) is 20.1. The quantitative estimate of drug-likeness (QED) is 0.758. The Balaban J connectivity index is 1.46. The third kappa shape index (κ3) is 4.56. The molecule has 0 spiro atoms. The van der Waals surface area contributed by atoms with Gasteiger partial charge in [-0.1, -0.05) is 0 Å². The number of piperidine rings is 1. The molecule has 1 aromatic carbocycles. The first-order chi connectivity index (χ1) is 13.5. The Hall–Kier alpha value is -3.17. The van der Waals surface area contributed by atoms with Gasteiger partial charge in [-0.3, -0.25) is 14.6 Å². The molecule has 148 valence electrons. The predicted molar refractivity (Wildman–Crippen MR) is 94.9 cm³/mol. The van der Waals surface area contributed by atoms with Crippen LogP contribution in [0, 0.1) is 23.4 Å². The number of carbonyl (C=O) groups is 2. The highest BCUT2D eigenvalue weighted by atomic mass is 19.2. The summed E-state index contributed by atoms with van der Waals surface area (Å²) in [5.41, 5.74) is -0.490. The van der Waals surface area contributed by atoms with E-state index in [9.17, 15) is 22.8 Å². The first kappa shape index (κ1) is 19.6. The molecule has 1 saturated heterocycles. The Kier molecular flexibility index (Phi) is 6.07. The lowest BCUT2D eigenvalue weighted by atomic mass is 9.96. The fourth-order valence-electron chi connectivity index (χ4n) is 2.95. The second-order valence-electron chi connectivity index (χ2n) is 6.31. The van der Waals surface area contributed by atoms with E-state index in [1.165, 1.54) is 0 Å². The molecule has 0 atom stereocenters. The van der Waals surface area contributed by atoms with Crippen LogP contribution in [-0.2, 0) is 9.59 Å². The highest BCUT2D eigenvalue weighted by Crippen LogP contribution is 2.21. The number of aromatic nitrogens is 2. The molecule has 2 heterocycles. The molecule has 3 rings (SSSR count). The number of benzene rings is 1. The first-order valence-electron chi connectivity index (χ1n) is 8.67. The highest BCUT2D eigenvalue weighted by Gasteiger charge is 2.26. The van der Waals surface area contributed by atoms with Gasteiger partial charge in [0.1, 0.15) is 5.82 Å². The summed E-state index contributed by atoms with van der Waals surface area (Å²) in [5, 5.41) is 4.59. The largest absolute Gasteiger partial charge is 0.355 e. The minimum atomic E-state index is -1.67. The highest BCUT2D eigenvalue weighted by molar-refractivity contribution is 5.94. The van der Waals surface area contributed by atoms with Crippen LogP contribution in [0.2, 0.25) is 0 Å². The van der Waals surface area contributed by atoms with Crippen LogP contribution in [-0.4, -0.2) is 41.4 Å². The van der Waals surface area contributed by atoms with Crippen molar-refractivity contribution in [2.24, 2.45) is 5.92 Å². The Morgan fingerprint density at radius 3 is 2.54 bits per heavy atom. The molecule has 1 aliphatic heterocycles. The van der Waals surface area contributed by atoms with Gasteiger partial charge >= 0.3 is 0 Å². The summed E-state index contributed by atoms with van der Waals surface area (Å²) in [6.45, 7) is 0.855. The number of nitrogens with zero attached hydrogens (tertiary/aromatic N) is 3. The molecule has 1 aliphatic rings. The number of hydrogen-bond acceptors (Lipinski definition) is 5. The Morgan fingerprint density at radius 2 is 1.86 bits per heavy atom. The maximum absolute atomic E-state index is 13.6. The van der Waals surface area contributed by atoms with Gasteiger partial charge in [0.25, 0.3) is 0 Å². The second kappa shape index (κ2) is 8.68. The average molecular weight is 393 g/mol. The summed E-state index contributed by atoms with van der Waals surface area (Å²) in [5.74, 6) is -5.06. The summed E-state index contributed by atoms with van der Waals surface area (Å²) in [7, 11) is 0. The average Bonchev–Trinajstić information content (AvgIpc) is 2.73. The number of anilines is 2. The monoisotopic (exact) mass is 393 g/mol. The van der Waals surface area contributed by atoms with Gasteiger partial charge in [0.15, 0.2) is 17.5 Å². The van der Waals surface area contributed by atoms with Crippen molar-refractivity contribution in [1.82, 2.24) is 15.3 Å². The molecule has 7 nitrogen and oxygen atoms in total. The molecule has 10 heteroatoms. The first-order valence-corrected chi connectivity index (χ1v) is 8.67. The molecule has 2 aromatic rings. The van der Waals surface area contributed by atoms with Crippen molar-refractivity contribution in [2.45, 2.75) is 12.8 Å². The number of amides is 2. The van der Waals surface area contributed by atoms with Crippen molar-refractivity contribution in [3.8, 4) is 0 Å². The topological polar surface area (TPSA) is 87.2 Å². The molecular weight excluding hydrogens is 375 g/mol. The molecule has 0 aliphatic carbocycles. The molecule has 1 aromatic heterocycles. The second-order valence-corrected chi connectivity index (χ2v) is 6.31.